The molecule has 1 unspecified atom stereocenters. The summed E-state index contributed by atoms with van der Waals surface area (Å²) in [7, 11) is 0. The monoisotopic (exact) mass is 287 g/mol. The van der Waals surface area contributed by atoms with Gasteiger partial charge >= 0.3 is 0 Å². The Bertz CT molecular complexity index is 418. The zero-order valence-corrected chi connectivity index (χ0v) is 14.6. The standard InChI is InChI=1S/C20H33N/c1-6-19(16-9-7-15(2)8-10-16)21-18-13-11-17(12-14-18)20(3,4)5/h7-10,17-19,21H,6,11-14H2,1-5H3. The molecule has 1 N–H and O–H groups in total. The Labute approximate surface area is 131 Å². The van der Waals surface area contributed by atoms with Crippen LogP contribution in [0.5, 0.6) is 0 Å². The van der Waals surface area contributed by atoms with Crippen LogP contribution in [0, 0.1) is 18.3 Å². The summed E-state index contributed by atoms with van der Waals surface area (Å²) in [4.78, 5) is 0. The Morgan fingerprint density at radius 3 is 2.10 bits per heavy atom. The molecular formula is C20H33N. The van der Waals surface area contributed by atoms with Crippen molar-refractivity contribution in [2.75, 3.05) is 0 Å². The van der Waals surface area contributed by atoms with E-state index < -0.39 is 0 Å². The van der Waals surface area contributed by atoms with Gasteiger partial charge in [0, 0.05) is 12.1 Å². The molecule has 1 aromatic rings. The summed E-state index contributed by atoms with van der Waals surface area (Å²) < 4.78 is 0. The van der Waals surface area contributed by atoms with Crippen LogP contribution in [0.1, 0.15) is 77.0 Å². The predicted octanol–water partition coefficient (Wildman–Crippen LogP) is 5.64. The number of hydrogen-bond acceptors (Lipinski definition) is 1. The van der Waals surface area contributed by atoms with Crippen molar-refractivity contribution in [3.05, 3.63) is 35.4 Å². The summed E-state index contributed by atoms with van der Waals surface area (Å²) in [5.74, 6) is 0.898. The first-order valence-corrected chi connectivity index (χ1v) is 8.72. The first-order chi connectivity index (χ1) is 9.90. The minimum absolute atomic E-state index is 0.478. The van der Waals surface area contributed by atoms with Gasteiger partial charge in [-0.15, -0.1) is 0 Å². The van der Waals surface area contributed by atoms with Crippen LogP contribution in [0.2, 0.25) is 0 Å². The molecule has 0 saturated heterocycles. The van der Waals surface area contributed by atoms with Gasteiger partial charge in [0.05, 0.1) is 0 Å². The van der Waals surface area contributed by atoms with E-state index >= 15 is 0 Å². The zero-order valence-electron chi connectivity index (χ0n) is 14.6. The van der Waals surface area contributed by atoms with Crippen molar-refractivity contribution in [3.8, 4) is 0 Å². The van der Waals surface area contributed by atoms with E-state index in [0.717, 1.165) is 5.92 Å². The third kappa shape index (κ3) is 4.57. The third-order valence-electron chi connectivity index (χ3n) is 5.28. The maximum Gasteiger partial charge on any atom is 0.0320 e. The highest BCUT2D eigenvalue weighted by Crippen LogP contribution is 2.38. The molecule has 0 heterocycles. The Balaban J connectivity index is 1.90. The number of aryl methyl sites for hydroxylation is 1. The van der Waals surface area contributed by atoms with Gasteiger partial charge in [0.2, 0.25) is 0 Å². The van der Waals surface area contributed by atoms with Crippen LogP contribution in [0.25, 0.3) is 0 Å². The van der Waals surface area contributed by atoms with E-state index in [2.05, 4.69) is 64.2 Å². The lowest BCUT2D eigenvalue weighted by molar-refractivity contribution is 0.155. The minimum atomic E-state index is 0.478. The van der Waals surface area contributed by atoms with Crippen LogP contribution in [-0.4, -0.2) is 6.04 Å². The molecule has 0 aliphatic heterocycles. The predicted molar refractivity (Wildman–Crippen MR) is 92.5 cm³/mol. The molecule has 1 aliphatic rings. The van der Waals surface area contributed by atoms with E-state index in [1.54, 1.807) is 0 Å². The summed E-state index contributed by atoms with van der Waals surface area (Å²) >= 11 is 0. The normalized spacial score (nSPS) is 24.8. The van der Waals surface area contributed by atoms with Gasteiger partial charge in [0.25, 0.3) is 0 Å². The maximum atomic E-state index is 3.91. The number of rotatable bonds is 4. The van der Waals surface area contributed by atoms with E-state index in [4.69, 9.17) is 0 Å². The van der Waals surface area contributed by atoms with E-state index in [9.17, 15) is 0 Å². The molecule has 1 saturated carbocycles. The van der Waals surface area contributed by atoms with Gasteiger partial charge in [-0.05, 0) is 55.9 Å². The highest BCUT2D eigenvalue weighted by Gasteiger charge is 2.30. The highest BCUT2D eigenvalue weighted by molar-refractivity contribution is 5.24. The van der Waals surface area contributed by atoms with Gasteiger partial charge in [0.1, 0.15) is 0 Å². The topological polar surface area (TPSA) is 12.0 Å². The summed E-state index contributed by atoms with van der Waals surface area (Å²) in [6, 6.07) is 10.3. The van der Waals surface area contributed by atoms with Crippen LogP contribution in [0.4, 0.5) is 0 Å². The Morgan fingerprint density at radius 1 is 1.05 bits per heavy atom. The first-order valence-electron chi connectivity index (χ1n) is 8.72. The van der Waals surface area contributed by atoms with Gasteiger partial charge in [-0.1, -0.05) is 57.5 Å². The van der Waals surface area contributed by atoms with Crippen molar-refractivity contribution in [2.24, 2.45) is 11.3 Å². The Morgan fingerprint density at radius 2 is 1.62 bits per heavy atom. The van der Waals surface area contributed by atoms with E-state index in [-0.39, 0.29) is 0 Å². The minimum Gasteiger partial charge on any atom is -0.307 e. The third-order valence-corrected chi connectivity index (χ3v) is 5.28. The van der Waals surface area contributed by atoms with Crippen molar-refractivity contribution >= 4 is 0 Å². The largest absolute Gasteiger partial charge is 0.307 e. The Kier molecular flexibility index (Phi) is 5.48. The molecule has 0 spiro atoms. The molecule has 118 valence electrons. The fourth-order valence-corrected chi connectivity index (χ4v) is 3.66. The van der Waals surface area contributed by atoms with Gasteiger partial charge in [0.15, 0.2) is 0 Å². The van der Waals surface area contributed by atoms with Gasteiger partial charge in [-0.2, -0.15) is 0 Å². The lowest BCUT2D eigenvalue weighted by Gasteiger charge is -2.38. The molecular weight excluding hydrogens is 254 g/mol. The van der Waals surface area contributed by atoms with Crippen LogP contribution < -0.4 is 5.32 Å². The summed E-state index contributed by atoms with van der Waals surface area (Å²) in [5.41, 5.74) is 3.27. The van der Waals surface area contributed by atoms with Gasteiger partial charge in [-0.25, -0.2) is 0 Å². The van der Waals surface area contributed by atoms with Gasteiger partial charge < -0.3 is 5.32 Å². The summed E-state index contributed by atoms with van der Waals surface area (Å²) in [6.07, 6.45) is 6.61. The van der Waals surface area contributed by atoms with Crippen LogP contribution >= 0.6 is 0 Å². The lowest BCUT2D eigenvalue weighted by atomic mass is 9.71. The second kappa shape index (κ2) is 6.96. The average Bonchev–Trinajstić information content (AvgIpc) is 2.45. The van der Waals surface area contributed by atoms with E-state index in [0.29, 0.717) is 17.5 Å². The molecule has 21 heavy (non-hydrogen) atoms. The summed E-state index contributed by atoms with van der Waals surface area (Å²) in [6.45, 7) is 11.6. The SMILES string of the molecule is CCC(NC1CCC(C(C)(C)C)CC1)c1ccc(C)cc1. The fourth-order valence-electron chi connectivity index (χ4n) is 3.66. The summed E-state index contributed by atoms with van der Waals surface area (Å²) in [5, 5.41) is 3.91. The lowest BCUT2D eigenvalue weighted by Crippen LogP contribution is -2.38. The molecule has 2 rings (SSSR count). The highest BCUT2D eigenvalue weighted by atomic mass is 14.9. The van der Waals surface area contributed by atoms with E-state index in [1.165, 1.54) is 43.2 Å². The molecule has 1 aromatic carbocycles. The number of nitrogens with one attached hydrogen (secondary N) is 1. The Hall–Kier alpha value is -0.820. The van der Waals surface area contributed by atoms with Crippen LogP contribution in [0.15, 0.2) is 24.3 Å². The molecule has 0 aromatic heterocycles. The zero-order chi connectivity index (χ0) is 15.5. The van der Waals surface area contributed by atoms with Crippen LogP contribution in [-0.2, 0) is 0 Å². The molecule has 1 atom stereocenters. The molecule has 1 nitrogen and oxygen atoms in total. The second-order valence-corrected chi connectivity index (χ2v) is 7.95. The molecule has 0 amide bonds. The molecule has 0 bridgehead atoms. The van der Waals surface area contributed by atoms with Crippen molar-refractivity contribution in [1.82, 2.24) is 5.32 Å². The van der Waals surface area contributed by atoms with Gasteiger partial charge in [-0.3, -0.25) is 0 Å². The maximum absolute atomic E-state index is 3.91. The molecule has 1 fully saturated rings. The van der Waals surface area contributed by atoms with Crippen molar-refractivity contribution in [2.45, 2.75) is 78.8 Å². The van der Waals surface area contributed by atoms with Crippen molar-refractivity contribution in [1.29, 1.82) is 0 Å². The number of hydrogen-bond donors (Lipinski definition) is 1. The quantitative estimate of drug-likeness (QED) is 0.755. The number of benzene rings is 1. The van der Waals surface area contributed by atoms with Crippen LogP contribution in [0.3, 0.4) is 0 Å². The molecule has 1 heteroatoms. The first kappa shape index (κ1) is 16.5. The average molecular weight is 287 g/mol. The fraction of sp³-hybridized carbons (Fsp3) is 0.700. The van der Waals surface area contributed by atoms with Crippen molar-refractivity contribution < 1.29 is 0 Å². The molecule has 1 aliphatic carbocycles. The smallest absolute Gasteiger partial charge is 0.0320 e. The van der Waals surface area contributed by atoms with E-state index in [1.807, 2.05) is 0 Å². The van der Waals surface area contributed by atoms with Crippen molar-refractivity contribution in [3.63, 3.8) is 0 Å². The molecule has 0 radical (unpaired) electrons. The second-order valence-electron chi connectivity index (χ2n) is 7.95.